The third-order valence-electron chi connectivity index (χ3n) is 4.90. The molecule has 122 valence electrons. The molecule has 0 saturated carbocycles. The van der Waals surface area contributed by atoms with E-state index in [4.69, 9.17) is 0 Å². The highest BCUT2D eigenvalue weighted by molar-refractivity contribution is 7.87. The highest BCUT2D eigenvalue weighted by Gasteiger charge is 2.48. The number of allylic oxidation sites excluding steroid dienone is 4. The smallest absolute Gasteiger partial charge is 0.242 e. The van der Waals surface area contributed by atoms with E-state index in [0.717, 1.165) is 42.8 Å². The number of hydrogen-bond acceptors (Lipinski definition) is 3. The van der Waals surface area contributed by atoms with Gasteiger partial charge in [0.25, 0.3) is 0 Å². The highest BCUT2D eigenvalue weighted by atomic mass is 32.2. The van der Waals surface area contributed by atoms with E-state index < -0.39 is 16.4 Å². The van der Waals surface area contributed by atoms with Crippen molar-refractivity contribution in [2.75, 3.05) is 20.1 Å². The maximum Gasteiger partial charge on any atom is 0.242 e. The van der Waals surface area contributed by atoms with Gasteiger partial charge in [-0.1, -0.05) is 38.7 Å². The maximum absolute atomic E-state index is 12.7. The van der Waals surface area contributed by atoms with Crippen LogP contribution in [0, 0.1) is 11.3 Å². The van der Waals surface area contributed by atoms with Gasteiger partial charge in [-0.05, 0) is 50.9 Å². The first-order chi connectivity index (χ1) is 10.5. The molecule has 2 rings (SSSR count). The van der Waals surface area contributed by atoms with Gasteiger partial charge in [0.05, 0.1) is 5.41 Å². The van der Waals surface area contributed by atoms with Gasteiger partial charge in [0.2, 0.25) is 5.91 Å². The summed E-state index contributed by atoms with van der Waals surface area (Å²) in [5.41, 5.74) is 0.413. The molecule has 5 heteroatoms. The molecule has 4 nitrogen and oxygen atoms in total. The molecular formula is C17H26N2O2S. The number of piperidine rings is 1. The fraction of sp³-hybridized carbons (Fsp3) is 0.588. The van der Waals surface area contributed by atoms with Crippen LogP contribution in [0.15, 0.2) is 35.3 Å². The predicted molar refractivity (Wildman–Crippen MR) is 91.3 cm³/mol. The SMILES string of the molecule is C=C/C=C\C1=C(C(C)CC)S(=O)NC(=O)C12CCN(C)CC2. The number of hydrogen-bond donors (Lipinski definition) is 1. The summed E-state index contributed by atoms with van der Waals surface area (Å²) in [6.07, 6.45) is 7.95. The number of rotatable bonds is 4. The molecule has 22 heavy (non-hydrogen) atoms. The minimum absolute atomic E-state index is 0.0882. The van der Waals surface area contributed by atoms with E-state index >= 15 is 0 Å². The number of carbonyl (C=O) groups excluding carboxylic acids is 1. The second-order valence-corrected chi connectivity index (χ2v) is 7.45. The fourth-order valence-corrected chi connectivity index (χ4v) is 4.70. The largest absolute Gasteiger partial charge is 0.306 e. The van der Waals surface area contributed by atoms with E-state index in [1.807, 2.05) is 12.2 Å². The van der Waals surface area contributed by atoms with Gasteiger partial charge < -0.3 is 4.90 Å². The third-order valence-corrected chi connectivity index (χ3v) is 6.29. The van der Waals surface area contributed by atoms with Crippen molar-refractivity contribution >= 4 is 16.9 Å². The van der Waals surface area contributed by atoms with Crippen molar-refractivity contribution < 1.29 is 9.00 Å². The topological polar surface area (TPSA) is 49.4 Å². The summed E-state index contributed by atoms with van der Waals surface area (Å²) in [5.74, 6) is 0.0946. The van der Waals surface area contributed by atoms with Crippen molar-refractivity contribution in [1.29, 1.82) is 0 Å². The monoisotopic (exact) mass is 322 g/mol. The Balaban J connectivity index is 2.59. The summed E-state index contributed by atoms with van der Waals surface area (Å²) in [5, 5.41) is 0. The normalized spacial score (nSPS) is 27.2. The Bertz CT molecular complexity index is 543. The van der Waals surface area contributed by atoms with Crippen LogP contribution in [-0.4, -0.2) is 35.2 Å². The third kappa shape index (κ3) is 2.97. The molecule has 1 N–H and O–H groups in total. The van der Waals surface area contributed by atoms with Crippen LogP contribution in [-0.2, 0) is 15.8 Å². The van der Waals surface area contributed by atoms with Gasteiger partial charge in [-0.25, -0.2) is 4.21 Å². The van der Waals surface area contributed by atoms with Crippen molar-refractivity contribution in [2.24, 2.45) is 11.3 Å². The quantitative estimate of drug-likeness (QED) is 0.809. The highest BCUT2D eigenvalue weighted by Crippen LogP contribution is 2.45. The van der Waals surface area contributed by atoms with Crippen LogP contribution in [0.3, 0.4) is 0 Å². The molecule has 2 aliphatic rings. The second-order valence-electron chi connectivity index (χ2n) is 6.27. The van der Waals surface area contributed by atoms with Gasteiger partial charge in [0.1, 0.15) is 11.0 Å². The Labute approximate surface area is 135 Å². The first kappa shape index (κ1) is 17.2. The molecule has 0 radical (unpaired) electrons. The minimum Gasteiger partial charge on any atom is -0.306 e. The molecule has 0 aromatic heterocycles. The van der Waals surface area contributed by atoms with Crippen molar-refractivity contribution in [2.45, 2.75) is 33.1 Å². The zero-order valence-electron chi connectivity index (χ0n) is 13.7. The lowest BCUT2D eigenvalue weighted by molar-refractivity contribution is -0.129. The number of nitrogens with zero attached hydrogens (tertiary/aromatic N) is 1. The number of carbonyl (C=O) groups is 1. The van der Waals surface area contributed by atoms with Gasteiger partial charge >= 0.3 is 0 Å². The zero-order chi connectivity index (χ0) is 16.3. The molecule has 2 unspecified atom stereocenters. The molecule has 0 bridgehead atoms. The number of likely N-dealkylation sites (tertiary alicyclic amines) is 1. The molecule has 2 aliphatic heterocycles. The van der Waals surface area contributed by atoms with E-state index in [0.29, 0.717) is 0 Å². The average Bonchev–Trinajstić information content (AvgIpc) is 2.50. The summed E-state index contributed by atoms with van der Waals surface area (Å²) in [6.45, 7) is 9.64. The van der Waals surface area contributed by atoms with E-state index in [-0.39, 0.29) is 11.8 Å². The standard InChI is InChI=1S/C17H26N2O2S/c1-5-7-8-14-15(13(3)6-2)22(21)18-16(20)17(14)9-11-19(4)12-10-17/h5,7-8,13H,1,6,9-12H2,2-4H3,(H,18,20)/b8-7-. The summed E-state index contributed by atoms with van der Waals surface area (Å²) in [4.78, 5) is 15.8. The Morgan fingerprint density at radius 1 is 1.45 bits per heavy atom. The molecule has 2 atom stereocenters. The fourth-order valence-electron chi connectivity index (χ4n) is 3.23. The minimum atomic E-state index is -1.43. The van der Waals surface area contributed by atoms with Crippen LogP contribution in [0.4, 0.5) is 0 Å². The Hall–Kier alpha value is -1.20. The van der Waals surface area contributed by atoms with E-state index in [1.165, 1.54) is 0 Å². The van der Waals surface area contributed by atoms with Crippen LogP contribution in [0.1, 0.15) is 33.1 Å². The van der Waals surface area contributed by atoms with Crippen LogP contribution in [0.25, 0.3) is 0 Å². The Kier molecular flexibility index (Phi) is 5.40. The van der Waals surface area contributed by atoms with Gasteiger partial charge in [0.15, 0.2) is 0 Å². The molecule has 0 aromatic rings. The number of nitrogens with one attached hydrogen (secondary N) is 1. The first-order valence-electron chi connectivity index (χ1n) is 7.91. The predicted octanol–water partition coefficient (Wildman–Crippen LogP) is 2.53. The van der Waals surface area contributed by atoms with Gasteiger partial charge in [-0.3, -0.25) is 9.52 Å². The molecule has 1 spiro atoms. The lowest BCUT2D eigenvalue weighted by Crippen LogP contribution is -2.53. The molecule has 0 aromatic carbocycles. The molecule has 0 aliphatic carbocycles. The first-order valence-corrected chi connectivity index (χ1v) is 9.06. The molecule has 1 fully saturated rings. The van der Waals surface area contributed by atoms with Gasteiger partial charge in [0, 0.05) is 4.91 Å². The van der Waals surface area contributed by atoms with Gasteiger partial charge in [-0.2, -0.15) is 0 Å². The lowest BCUT2D eigenvalue weighted by Gasteiger charge is -2.44. The zero-order valence-corrected chi connectivity index (χ0v) is 14.5. The molecule has 1 saturated heterocycles. The van der Waals surface area contributed by atoms with Crippen molar-refractivity contribution in [3.63, 3.8) is 0 Å². The van der Waals surface area contributed by atoms with Gasteiger partial charge in [-0.15, -0.1) is 0 Å². The number of amides is 1. The molecule has 1 amide bonds. The summed E-state index contributed by atoms with van der Waals surface area (Å²) < 4.78 is 15.2. The average molecular weight is 322 g/mol. The maximum atomic E-state index is 12.7. The summed E-state index contributed by atoms with van der Waals surface area (Å²) in [7, 11) is 0.647. The Morgan fingerprint density at radius 2 is 2.09 bits per heavy atom. The summed E-state index contributed by atoms with van der Waals surface area (Å²) >= 11 is 0. The van der Waals surface area contributed by atoms with Crippen molar-refractivity contribution in [3.05, 3.63) is 35.3 Å². The summed E-state index contributed by atoms with van der Waals surface area (Å²) in [6, 6.07) is 0. The van der Waals surface area contributed by atoms with E-state index in [9.17, 15) is 9.00 Å². The Morgan fingerprint density at radius 3 is 2.64 bits per heavy atom. The van der Waals surface area contributed by atoms with Crippen molar-refractivity contribution in [3.8, 4) is 0 Å². The molecule has 2 heterocycles. The lowest BCUT2D eigenvalue weighted by atomic mass is 9.70. The molecular weight excluding hydrogens is 296 g/mol. The van der Waals surface area contributed by atoms with Crippen LogP contribution in [0.5, 0.6) is 0 Å². The van der Waals surface area contributed by atoms with Crippen LogP contribution < -0.4 is 4.72 Å². The van der Waals surface area contributed by atoms with E-state index in [2.05, 4.69) is 37.1 Å². The van der Waals surface area contributed by atoms with E-state index in [1.54, 1.807) is 6.08 Å². The second kappa shape index (κ2) is 6.92. The van der Waals surface area contributed by atoms with Crippen LogP contribution in [0.2, 0.25) is 0 Å². The van der Waals surface area contributed by atoms with Crippen molar-refractivity contribution in [1.82, 2.24) is 9.62 Å². The van der Waals surface area contributed by atoms with Crippen LogP contribution >= 0.6 is 0 Å².